The molecule has 1 heterocycles. The Balaban J connectivity index is 2.27. The smallest absolute Gasteiger partial charge is 0.432 e. The van der Waals surface area contributed by atoms with Gasteiger partial charge in [-0.05, 0) is 18.6 Å². The highest BCUT2D eigenvalue weighted by Crippen LogP contribution is 2.39. The number of alkyl halides is 3. The highest BCUT2D eigenvalue weighted by atomic mass is 32.2. The van der Waals surface area contributed by atoms with Crippen LogP contribution >= 0.6 is 0 Å². The van der Waals surface area contributed by atoms with Gasteiger partial charge in [-0.1, -0.05) is 42.5 Å². The molecule has 0 bridgehead atoms. The van der Waals surface area contributed by atoms with Gasteiger partial charge in [-0.25, -0.2) is 18.5 Å². The van der Waals surface area contributed by atoms with Gasteiger partial charge < -0.3 is 4.42 Å². The van der Waals surface area contributed by atoms with E-state index in [2.05, 4.69) is 4.98 Å². The van der Waals surface area contributed by atoms with E-state index in [-0.39, 0.29) is 21.9 Å². The molecule has 0 amide bonds. The molecule has 0 saturated carbocycles. The van der Waals surface area contributed by atoms with Crippen LogP contribution in [0.15, 0.2) is 57.8 Å². The number of aryl methyl sites for hydroxylation is 1. The third-order valence-electron chi connectivity index (χ3n) is 3.67. The van der Waals surface area contributed by atoms with Crippen LogP contribution in [0.1, 0.15) is 11.5 Å². The molecule has 26 heavy (non-hydrogen) atoms. The molecule has 0 radical (unpaired) electrons. The Morgan fingerprint density at radius 1 is 1.04 bits per heavy atom. The van der Waals surface area contributed by atoms with Crippen LogP contribution in [0.5, 0.6) is 0 Å². The fourth-order valence-corrected chi connectivity index (χ4v) is 3.28. The predicted octanol–water partition coefficient (Wildman–Crippen LogP) is 3.98. The lowest BCUT2D eigenvalue weighted by atomic mass is 10.0. The highest BCUT2D eigenvalue weighted by Gasteiger charge is 2.39. The highest BCUT2D eigenvalue weighted by molar-refractivity contribution is 7.89. The number of aromatic nitrogens is 1. The van der Waals surface area contributed by atoms with Crippen LogP contribution in [-0.4, -0.2) is 13.4 Å². The van der Waals surface area contributed by atoms with Crippen LogP contribution in [0.2, 0.25) is 0 Å². The zero-order chi connectivity index (χ0) is 19.1. The summed E-state index contributed by atoms with van der Waals surface area (Å²) in [5.41, 5.74) is 0.858. The van der Waals surface area contributed by atoms with Gasteiger partial charge >= 0.3 is 12.1 Å². The summed E-state index contributed by atoms with van der Waals surface area (Å²) in [6.07, 6.45) is -4.78. The van der Waals surface area contributed by atoms with Crippen molar-refractivity contribution in [2.45, 2.75) is 18.0 Å². The zero-order valence-corrected chi connectivity index (χ0v) is 14.2. The van der Waals surface area contributed by atoms with Crippen molar-refractivity contribution in [1.29, 1.82) is 0 Å². The second-order valence-corrected chi connectivity index (χ2v) is 7.12. The van der Waals surface area contributed by atoms with Crippen molar-refractivity contribution in [3.63, 3.8) is 0 Å². The van der Waals surface area contributed by atoms with Gasteiger partial charge in [0.2, 0.25) is 10.0 Å². The van der Waals surface area contributed by atoms with Crippen molar-refractivity contribution in [3.8, 4) is 22.6 Å². The molecule has 0 spiro atoms. The van der Waals surface area contributed by atoms with Crippen molar-refractivity contribution in [3.05, 3.63) is 60.0 Å². The van der Waals surface area contributed by atoms with E-state index in [9.17, 15) is 21.6 Å². The number of oxazole rings is 1. The van der Waals surface area contributed by atoms with Crippen molar-refractivity contribution >= 4 is 10.0 Å². The Kier molecular flexibility index (Phi) is 4.37. The number of nitrogens with two attached hydrogens (primary N) is 1. The van der Waals surface area contributed by atoms with Crippen LogP contribution in [0, 0.1) is 6.92 Å². The third kappa shape index (κ3) is 3.49. The fraction of sp³-hybridized carbons (Fsp3) is 0.118. The minimum absolute atomic E-state index is 0.0397. The minimum atomic E-state index is -4.78. The molecule has 2 N–H and O–H groups in total. The molecule has 5 nitrogen and oxygen atoms in total. The molecule has 0 aliphatic heterocycles. The van der Waals surface area contributed by atoms with Gasteiger partial charge in [-0.2, -0.15) is 13.2 Å². The Morgan fingerprint density at radius 3 is 2.27 bits per heavy atom. The van der Waals surface area contributed by atoms with Gasteiger partial charge in [0.15, 0.2) is 5.76 Å². The van der Waals surface area contributed by atoms with Crippen LogP contribution in [0.4, 0.5) is 13.2 Å². The van der Waals surface area contributed by atoms with E-state index >= 15 is 0 Å². The maximum atomic E-state index is 13.1. The molecule has 0 unspecified atom stereocenters. The van der Waals surface area contributed by atoms with Gasteiger partial charge in [0.1, 0.15) is 5.69 Å². The van der Waals surface area contributed by atoms with Gasteiger partial charge in [-0.3, -0.25) is 0 Å². The average molecular weight is 382 g/mol. The maximum Gasteiger partial charge on any atom is 0.468 e. The largest absolute Gasteiger partial charge is 0.468 e. The summed E-state index contributed by atoms with van der Waals surface area (Å²) in [5, 5.41) is 5.17. The molecule has 3 rings (SSSR count). The summed E-state index contributed by atoms with van der Waals surface area (Å²) in [6.45, 7) is 1.53. The van der Waals surface area contributed by atoms with Gasteiger partial charge in [0.05, 0.1) is 4.90 Å². The number of nitrogens with zero attached hydrogens (tertiary/aromatic N) is 1. The molecule has 2 aromatic carbocycles. The van der Waals surface area contributed by atoms with Crippen LogP contribution in [-0.2, 0) is 16.2 Å². The Bertz CT molecular complexity index is 1060. The van der Waals surface area contributed by atoms with Crippen LogP contribution < -0.4 is 5.14 Å². The normalized spacial score (nSPS) is 12.3. The third-order valence-corrected chi connectivity index (χ3v) is 4.73. The molecular weight excluding hydrogens is 369 g/mol. The summed E-state index contributed by atoms with van der Waals surface area (Å²) in [4.78, 5) is 3.37. The predicted molar refractivity (Wildman–Crippen MR) is 88.5 cm³/mol. The van der Waals surface area contributed by atoms with Crippen LogP contribution in [0.25, 0.3) is 22.6 Å². The fourth-order valence-electron chi connectivity index (χ4n) is 2.48. The van der Waals surface area contributed by atoms with E-state index in [1.807, 2.05) is 0 Å². The zero-order valence-electron chi connectivity index (χ0n) is 13.4. The molecule has 0 fully saturated rings. The first-order valence-electron chi connectivity index (χ1n) is 7.34. The van der Waals surface area contributed by atoms with E-state index in [0.29, 0.717) is 11.1 Å². The number of rotatable bonds is 3. The lowest BCUT2D eigenvalue weighted by molar-refractivity contribution is -0.156. The molecule has 0 atom stereocenters. The standard InChI is InChI=1S/C17H13F3N2O3S/c1-10-7-8-12(9-13(10)26(21,23)24)15-14(11-5-3-2-4-6-11)22-16(25-15)17(18,19)20/h2-9H,1H3,(H2,21,23,24). The van der Waals surface area contributed by atoms with E-state index in [1.165, 1.54) is 25.1 Å². The van der Waals surface area contributed by atoms with Gasteiger partial charge in [0, 0.05) is 11.1 Å². The molecule has 3 aromatic rings. The molecular formula is C17H13F3N2O3S. The van der Waals surface area contributed by atoms with Crippen LogP contribution in [0.3, 0.4) is 0 Å². The number of hydrogen-bond donors (Lipinski definition) is 1. The summed E-state index contributed by atoms with van der Waals surface area (Å²) in [6, 6.07) is 12.2. The summed E-state index contributed by atoms with van der Waals surface area (Å²) in [7, 11) is -4.05. The number of hydrogen-bond acceptors (Lipinski definition) is 4. The lowest BCUT2D eigenvalue weighted by Crippen LogP contribution is -2.13. The number of halogens is 3. The van der Waals surface area contributed by atoms with Gasteiger partial charge in [-0.15, -0.1) is 0 Å². The van der Waals surface area contributed by atoms with Crippen molar-refractivity contribution < 1.29 is 26.0 Å². The molecule has 0 aliphatic carbocycles. The van der Waals surface area contributed by atoms with E-state index < -0.39 is 22.1 Å². The maximum absolute atomic E-state index is 13.1. The molecule has 0 aliphatic rings. The topological polar surface area (TPSA) is 86.2 Å². The Morgan fingerprint density at radius 2 is 1.69 bits per heavy atom. The quantitative estimate of drug-likeness (QED) is 0.742. The second kappa shape index (κ2) is 6.26. The summed E-state index contributed by atoms with van der Waals surface area (Å²) < 4.78 is 67.6. The first-order chi connectivity index (χ1) is 12.1. The first kappa shape index (κ1) is 18.2. The SMILES string of the molecule is Cc1ccc(-c2oc(C(F)(F)F)nc2-c2ccccc2)cc1S(N)(=O)=O. The number of sulfonamides is 1. The molecule has 9 heteroatoms. The summed E-state index contributed by atoms with van der Waals surface area (Å²) >= 11 is 0. The second-order valence-electron chi connectivity index (χ2n) is 5.59. The monoisotopic (exact) mass is 382 g/mol. The van der Waals surface area contributed by atoms with E-state index in [1.54, 1.807) is 30.3 Å². The molecule has 1 aromatic heterocycles. The molecule has 0 saturated heterocycles. The summed E-state index contributed by atoms with van der Waals surface area (Å²) in [5.74, 6) is -1.60. The number of primary sulfonamides is 1. The Labute approximate surface area is 147 Å². The first-order valence-corrected chi connectivity index (χ1v) is 8.89. The van der Waals surface area contributed by atoms with Crippen molar-refractivity contribution in [2.24, 2.45) is 5.14 Å². The van der Waals surface area contributed by atoms with Crippen molar-refractivity contribution in [1.82, 2.24) is 4.98 Å². The Hall–Kier alpha value is -2.65. The number of benzene rings is 2. The van der Waals surface area contributed by atoms with E-state index in [0.717, 1.165) is 0 Å². The minimum Gasteiger partial charge on any atom is -0.432 e. The lowest BCUT2D eigenvalue weighted by Gasteiger charge is -2.07. The van der Waals surface area contributed by atoms with Crippen molar-refractivity contribution in [2.75, 3.05) is 0 Å². The average Bonchev–Trinajstić information content (AvgIpc) is 3.00. The van der Waals surface area contributed by atoms with Gasteiger partial charge in [0.25, 0.3) is 0 Å². The molecule has 136 valence electrons. The van der Waals surface area contributed by atoms with E-state index in [4.69, 9.17) is 9.56 Å².